The van der Waals surface area contributed by atoms with E-state index in [1.165, 1.54) is 0 Å². The highest BCUT2D eigenvalue weighted by atomic mass is 79.9. The van der Waals surface area contributed by atoms with Crippen LogP contribution >= 0.6 is 15.9 Å². The molecule has 0 aliphatic carbocycles. The van der Waals surface area contributed by atoms with Gasteiger partial charge >= 0.3 is 0 Å². The predicted octanol–water partition coefficient (Wildman–Crippen LogP) is 3.37. The Labute approximate surface area is 119 Å². The fourth-order valence-electron chi connectivity index (χ4n) is 2.09. The second-order valence-electron chi connectivity index (χ2n) is 4.44. The van der Waals surface area contributed by atoms with Gasteiger partial charge < -0.3 is 9.51 Å². The molecule has 3 nitrogen and oxygen atoms in total. The standard InChI is InChI=1S/C15H13BrN2O/c16-12-6-2-1-5-11(12)9-14(19)13-10-18-8-4-3-7-15(18)17-13/h1-8,10,14,19H,9H2. The second-order valence-corrected chi connectivity index (χ2v) is 5.30. The monoisotopic (exact) mass is 316 g/mol. The number of aliphatic hydroxyl groups excluding tert-OH is 1. The van der Waals surface area contributed by atoms with Gasteiger partial charge in [-0.05, 0) is 23.8 Å². The molecule has 1 N–H and O–H groups in total. The summed E-state index contributed by atoms with van der Waals surface area (Å²) in [5.41, 5.74) is 2.62. The average molecular weight is 317 g/mol. The molecule has 0 aliphatic heterocycles. The van der Waals surface area contributed by atoms with Gasteiger partial charge in [0.05, 0.1) is 5.69 Å². The number of benzene rings is 1. The van der Waals surface area contributed by atoms with Crippen molar-refractivity contribution in [2.45, 2.75) is 12.5 Å². The van der Waals surface area contributed by atoms with Gasteiger partial charge in [-0.1, -0.05) is 40.2 Å². The number of rotatable bonds is 3. The molecule has 3 rings (SSSR count). The summed E-state index contributed by atoms with van der Waals surface area (Å²) >= 11 is 3.50. The lowest BCUT2D eigenvalue weighted by Gasteiger charge is -2.09. The minimum atomic E-state index is -0.599. The fourth-order valence-corrected chi connectivity index (χ4v) is 2.54. The molecule has 4 heteroatoms. The van der Waals surface area contributed by atoms with E-state index in [9.17, 15) is 5.11 Å². The van der Waals surface area contributed by atoms with Gasteiger partial charge in [-0.15, -0.1) is 0 Å². The molecule has 96 valence electrons. The smallest absolute Gasteiger partial charge is 0.137 e. The van der Waals surface area contributed by atoms with Gasteiger partial charge in [0.15, 0.2) is 0 Å². The van der Waals surface area contributed by atoms with E-state index >= 15 is 0 Å². The van der Waals surface area contributed by atoms with Crippen molar-refractivity contribution >= 4 is 21.6 Å². The van der Waals surface area contributed by atoms with Crippen LogP contribution in [0, 0.1) is 0 Å². The molecule has 19 heavy (non-hydrogen) atoms. The van der Waals surface area contributed by atoms with Gasteiger partial charge in [0.2, 0.25) is 0 Å². The van der Waals surface area contributed by atoms with E-state index < -0.39 is 6.10 Å². The van der Waals surface area contributed by atoms with E-state index in [1.807, 2.05) is 59.3 Å². The summed E-state index contributed by atoms with van der Waals surface area (Å²) in [4.78, 5) is 4.44. The highest BCUT2D eigenvalue weighted by molar-refractivity contribution is 9.10. The van der Waals surface area contributed by atoms with Crippen LogP contribution in [-0.2, 0) is 6.42 Å². The molecule has 0 saturated heterocycles. The zero-order valence-electron chi connectivity index (χ0n) is 10.2. The first-order chi connectivity index (χ1) is 9.24. The Morgan fingerprint density at radius 3 is 2.74 bits per heavy atom. The molecule has 1 unspecified atom stereocenters. The molecular formula is C15H13BrN2O. The van der Waals surface area contributed by atoms with Gasteiger partial charge in [0, 0.05) is 23.3 Å². The van der Waals surface area contributed by atoms with Gasteiger partial charge in [0.1, 0.15) is 11.8 Å². The quantitative estimate of drug-likeness (QED) is 0.804. The van der Waals surface area contributed by atoms with Crippen LogP contribution in [0.5, 0.6) is 0 Å². The van der Waals surface area contributed by atoms with Crippen LogP contribution in [0.3, 0.4) is 0 Å². The molecule has 0 aliphatic rings. The minimum Gasteiger partial charge on any atom is -0.386 e. The number of aromatic nitrogens is 2. The highest BCUT2D eigenvalue weighted by Gasteiger charge is 2.13. The summed E-state index contributed by atoms with van der Waals surface area (Å²) in [5, 5.41) is 10.3. The van der Waals surface area contributed by atoms with Crippen molar-refractivity contribution in [3.63, 3.8) is 0 Å². The second kappa shape index (κ2) is 5.15. The third kappa shape index (κ3) is 2.55. The molecule has 2 heterocycles. The molecule has 0 spiro atoms. The molecular weight excluding hydrogens is 304 g/mol. The molecule has 0 fully saturated rings. The normalized spacial score (nSPS) is 12.7. The Bertz CT molecular complexity index is 675. The van der Waals surface area contributed by atoms with Crippen molar-refractivity contribution in [3.8, 4) is 0 Å². The van der Waals surface area contributed by atoms with Crippen molar-refractivity contribution in [2.75, 3.05) is 0 Å². The number of halogens is 1. The fraction of sp³-hybridized carbons (Fsp3) is 0.133. The molecule has 0 saturated carbocycles. The molecule has 0 bridgehead atoms. The number of hydrogen-bond acceptors (Lipinski definition) is 2. The van der Waals surface area contributed by atoms with E-state index in [2.05, 4.69) is 20.9 Å². The lowest BCUT2D eigenvalue weighted by atomic mass is 10.1. The molecule has 1 aromatic carbocycles. The van der Waals surface area contributed by atoms with Gasteiger partial charge in [-0.3, -0.25) is 0 Å². The van der Waals surface area contributed by atoms with Crippen molar-refractivity contribution in [1.82, 2.24) is 9.38 Å². The summed E-state index contributed by atoms with van der Waals surface area (Å²) in [6, 6.07) is 13.7. The third-order valence-electron chi connectivity index (χ3n) is 3.10. The lowest BCUT2D eigenvalue weighted by Crippen LogP contribution is -2.02. The summed E-state index contributed by atoms with van der Waals surface area (Å²) in [7, 11) is 0. The van der Waals surface area contributed by atoms with E-state index in [0.717, 1.165) is 15.7 Å². The van der Waals surface area contributed by atoms with Crippen molar-refractivity contribution < 1.29 is 5.11 Å². The van der Waals surface area contributed by atoms with E-state index in [4.69, 9.17) is 0 Å². The van der Waals surface area contributed by atoms with Crippen LogP contribution in [0.4, 0.5) is 0 Å². The zero-order valence-corrected chi connectivity index (χ0v) is 11.8. The Balaban J connectivity index is 1.87. The van der Waals surface area contributed by atoms with Crippen molar-refractivity contribution in [2.24, 2.45) is 0 Å². The Morgan fingerprint density at radius 1 is 1.16 bits per heavy atom. The molecule has 0 amide bonds. The van der Waals surface area contributed by atoms with Crippen molar-refractivity contribution in [1.29, 1.82) is 0 Å². The number of imidazole rings is 1. The van der Waals surface area contributed by atoms with Crippen LogP contribution in [0.1, 0.15) is 17.4 Å². The lowest BCUT2D eigenvalue weighted by molar-refractivity contribution is 0.174. The predicted molar refractivity (Wildman–Crippen MR) is 78.0 cm³/mol. The molecule has 2 aromatic heterocycles. The van der Waals surface area contributed by atoms with Crippen LogP contribution in [-0.4, -0.2) is 14.5 Å². The summed E-state index contributed by atoms with van der Waals surface area (Å²) in [6.45, 7) is 0. The first kappa shape index (κ1) is 12.4. The third-order valence-corrected chi connectivity index (χ3v) is 3.87. The molecule has 0 radical (unpaired) electrons. The maximum Gasteiger partial charge on any atom is 0.137 e. The zero-order chi connectivity index (χ0) is 13.2. The van der Waals surface area contributed by atoms with Crippen LogP contribution in [0.2, 0.25) is 0 Å². The summed E-state index contributed by atoms with van der Waals surface area (Å²) in [6.07, 6.45) is 3.75. The van der Waals surface area contributed by atoms with Gasteiger partial charge in [0.25, 0.3) is 0 Å². The first-order valence-corrected chi connectivity index (χ1v) is 6.88. The number of aliphatic hydroxyl groups is 1. The summed E-state index contributed by atoms with van der Waals surface area (Å²) in [5.74, 6) is 0. The maximum absolute atomic E-state index is 10.3. The highest BCUT2D eigenvalue weighted by Crippen LogP contribution is 2.23. The Kier molecular flexibility index (Phi) is 3.36. The Hall–Kier alpha value is -1.65. The van der Waals surface area contributed by atoms with Gasteiger partial charge in [-0.25, -0.2) is 4.98 Å². The van der Waals surface area contributed by atoms with Crippen LogP contribution in [0.15, 0.2) is 59.3 Å². The largest absolute Gasteiger partial charge is 0.386 e. The number of fused-ring (bicyclic) bond motifs is 1. The van der Waals surface area contributed by atoms with E-state index in [0.29, 0.717) is 12.1 Å². The van der Waals surface area contributed by atoms with Crippen LogP contribution < -0.4 is 0 Å². The summed E-state index contributed by atoms with van der Waals surface area (Å²) < 4.78 is 2.93. The molecule has 3 aromatic rings. The number of nitrogens with zero attached hydrogens (tertiary/aromatic N) is 2. The topological polar surface area (TPSA) is 37.5 Å². The number of hydrogen-bond donors (Lipinski definition) is 1. The SMILES string of the molecule is OC(Cc1ccccc1Br)c1cn2ccccc2n1. The van der Waals surface area contributed by atoms with Crippen molar-refractivity contribution in [3.05, 3.63) is 70.6 Å². The molecule has 1 atom stereocenters. The number of pyridine rings is 1. The minimum absolute atomic E-state index is 0.547. The van der Waals surface area contributed by atoms with E-state index in [1.54, 1.807) is 0 Å². The first-order valence-electron chi connectivity index (χ1n) is 6.09. The Morgan fingerprint density at radius 2 is 1.95 bits per heavy atom. The maximum atomic E-state index is 10.3. The van der Waals surface area contributed by atoms with Gasteiger partial charge in [-0.2, -0.15) is 0 Å². The van der Waals surface area contributed by atoms with E-state index in [-0.39, 0.29) is 0 Å². The van der Waals surface area contributed by atoms with Crippen LogP contribution in [0.25, 0.3) is 5.65 Å². The average Bonchev–Trinajstić information content (AvgIpc) is 2.85.